The molecule has 0 aromatic heterocycles. The second-order valence-corrected chi connectivity index (χ2v) is 23.4. The fourth-order valence-corrected chi connectivity index (χ4v) is 11.4. The van der Waals surface area contributed by atoms with E-state index in [0.29, 0.717) is 70.6 Å². The summed E-state index contributed by atoms with van der Waals surface area (Å²) in [7, 11) is 0. The zero-order valence-corrected chi connectivity index (χ0v) is 48.7. The average Bonchev–Trinajstić information content (AvgIpc) is 3.82. The molecule has 14 nitrogen and oxygen atoms in total. The first-order chi connectivity index (χ1) is 36.1. The summed E-state index contributed by atoms with van der Waals surface area (Å²) in [5, 5.41) is 0. The van der Waals surface area contributed by atoms with Crippen molar-refractivity contribution in [3.63, 3.8) is 0 Å². The summed E-state index contributed by atoms with van der Waals surface area (Å²) in [6.45, 7) is 28.4. The Bertz CT molecular complexity index is 2160. The van der Waals surface area contributed by atoms with Crippen molar-refractivity contribution in [2.45, 2.75) is 210 Å². The lowest BCUT2D eigenvalue weighted by Crippen LogP contribution is -2.74. The highest BCUT2D eigenvalue weighted by atomic mass is 17.3. The molecule has 5 rings (SSSR count). The highest BCUT2D eigenvalue weighted by molar-refractivity contribution is 5.72. The highest BCUT2D eigenvalue weighted by Crippen LogP contribution is 2.69. The number of carbonyl (C=O) groups is 4. The SMILES string of the molecule is CCOC(=O)CCCCCCCCCCOCC(C)(C)C12OOC1(c1cccc(OC(C)=O)c1)OCC2(C)C.CCOC(=O)CCCCCCCCCCOCC(C)(C)C1=C(c2cccc(OC(C)=O)c2)OCC1(C)C. The zero-order chi connectivity index (χ0) is 55.9. The van der Waals surface area contributed by atoms with Crippen molar-refractivity contribution < 1.29 is 66.8 Å². The smallest absolute Gasteiger partial charge is 0.308 e. The van der Waals surface area contributed by atoms with Gasteiger partial charge in [0.2, 0.25) is 0 Å². The molecule has 0 spiro atoms. The van der Waals surface area contributed by atoms with Crippen LogP contribution in [0.25, 0.3) is 5.76 Å². The van der Waals surface area contributed by atoms with Crippen LogP contribution in [0.3, 0.4) is 0 Å². The van der Waals surface area contributed by atoms with Gasteiger partial charge in [-0.3, -0.25) is 19.2 Å². The molecule has 3 aliphatic rings. The largest absolute Gasteiger partial charge is 0.492 e. The predicted octanol–water partition coefficient (Wildman–Crippen LogP) is 14.1. The van der Waals surface area contributed by atoms with E-state index in [1.165, 1.54) is 70.8 Å². The third-order valence-corrected chi connectivity index (χ3v) is 14.7. The molecule has 0 radical (unpaired) electrons. The molecule has 3 heterocycles. The lowest BCUT2D eigenvalue weighted by Gasteiger charge is -2.61. The fourth-order valence-electron chi connectivity index (χ4n) is 11.4. The molecule has 2 unspecified atom stereocenters. The lowest BCUT2D eigenvalue weighted by atomic mass is 9.57. The minimum atomic E-state index is -1.12. The maximum atomic E-state index is 11.5. The van der Waals surface area contributed by atoms with Gasteiger partial charge in [0, 0.05) is 72.7 Å². The van der Waals surface area contributed by atoms with Gasteiger partial charge in [-0.25, -0.2) is 4.89 Å². The Hall–Kier alpha value is -4.34. The van der Waals surface area contributed by atoms with Gasteiger partial charge in [-0.1, -0.05) is 157 Å². The van der Waals surface area contributed by atoms with Crippen molar-refractivity contribution in [2.75, 3.05) is 52.9 Å². The van der Waals surface area contributed by atoms with E-state index in [-0.39, 0.29) is 40.1 Å². The molecule has 2 aromatic carbocycles. The highest BCUT2D eigenvalue weighted by Gasteiger charge is 2.82. The minimum absolute atomic E-state index is 0.0734. The molecule has 0 bridgehead atoms. The van der Waals surface area contributed by atoms with E-state index in [9.17, 15) is 19.2 Å². The summed E-state index contributed by atoms with van der Waals surface area (Å²) in [6, 6.07) is 14.8. The van der Waals surface area contributed by atoms with Crippen LogP contribution in [-0.4, -0.2) is 82.3 Å². The summed E-state index contributed by atoms with van der Waals surface area (Å²) in [5.74, 6) is -0.150. The number of hydrogen-bond acceptors (Lipinski definition) is 14. The molecule has 76 heavy (non-hydrogen) atoms. The van der Waals surface area contributed by atoms with Gasteiger partial charge in [-0.15, -0.1) is 0 Å². The minimum Gasteiger partial charge on any atom is -0.492 e. The van der Waals surface area contributed by atoms with E-state index in [1.807, 2.05) is 44.2 Å². The number of fused-ring (bicyclic) bond motifs is 1. The number of benzene rings is 2. The Morgan fingerprint density at radius 3 is 1.54 bits per heavy atom. The molecule has 0 amide bonds. The molecular formula is C62H96O14. The summed E-state index contributed by atoms with van der Waals surface area (Å²) < 4.78 is 45.5. The Labute approximate surface area is 456 Å². The Morgan fingerprint density at radius 1 is 0.579 bits per heavy atom. The van der Waals surface area contributed by atoms with Crippen LogP contribution >= 0.6 is 0 Å². The van der Waals surface area contributed by atoms with Gasteiger partial charge in [0.25, 0.3) is 5.79 Å². The molecule has 0 aliphatic carbocycles. The van der Waals surface area contributed by atoms with Crippen molar-refractivity contribution in [1.82, 2.24) is 0 Å². The monoisotopic (exact) mass is 1060 g/mol. The molecule has 0 saturated carbocycles. The van der Waals surface area contributed by atoms with E-state index in [1.54, 1.807) is 18.2 Å². The molecule has 2 fully saturated rings. The van der Waals surface area contributed by atoms with Gasteiger partial charge in [0.15, 0.2) is 5.60 Å². The van der Waals surface area contributed by atoms with E-state index in [2.05, 4.69) is 55.4 Å². The second-order valence-electron chi connectivity index (χ2n) is 23.4. The Morgan fingerprint density at radius 2 is 1.05 bits per heavy atom. The Kier molecular flexibility index (Phi) is 25.9. The standard InChI is InChI=1S/C31H48O8.C31H48O6/c1-7-35-27(33)19-14-12-10-8-9-11-13-15-20-34-22-28(3,4)31-29(5,6)23-36-30(31,38-39-31)25-17-16-18-26(21-25)37-24(2)32;1-7-35-27(33)19-14-12-10-8-9-11-13-15-20-34-22-30(3,4)29-28(36-23-31(29,5)6)25-17-16-18-26(21-25)37-24(2)32/h16-18,21H,7-15,19-20,22-23H2,1-6H3;16-18,21H,7-15,19-20,22-23H2,1-6H3. The molecule has 3 aliphatic heterocycles. The van der Waals surface area contributed by atoms with Crippen molar-refractivity contribution >= 4 is 29.6 Å². The number of esters is 4. The fraction of sp³-hybridized carbons (Fsp3) is 0.710. The number of rotatable bonds is 34. The molecule has 14 heteroatoms. The molecule has 2 aromatic rings. The van der Waals surface area contributed by atoms with Crippen molar-refractivity contribution in [3.8, 4) is 11.5 Å². The van der Waals surface area contributed by atoms with E-state index in [4.69, 9.17) is 47.7 Å². The normalized spacial score (nSPS) is 19.4. The summed E-state index contributed by atoms with van der Waals surface area (Å²) in [6.07, 6.45) is 19.1. The molecular weight excluding hydrogens is 969 g/mol. The van der Waals surface area contributed by atoms with Gasteiger partial charge >= 0.3 is 23.9 Å². The van der Waals surface area contributed by atoms with Crippen LogP contribution in [-0.2, 0) is 63.2 Å². The topological polar surface area (TPSA) is 161 Å². The average molecular weight is 1070 g/mol. The number of carbonyl (C=O) groups excluding carboxylic acids is 4. The van der Waals surface area contributed by atoms with Gasteiger partial charge < -0.3 is 37.9 Å². The lowest BCUT2D eigenvalue weighted by molar-refractivity contribution is -0.628. The Balaban J connectivity index is 0.000000329. The van der Waals surface area contributed by atoms with Crippen LogP contribution in [0.4, 0.5) is 0 Å². The van der Waals surface area contributed by atoms with Crippen molar-refractivity contribution in [2.24, 2.45) is 21.7 Å². The van der Waals surface area contributed by atoms with E-state index < -0.39 is 16.8 Å². The molecule has 2 atom stereocenters. The van der Waals surface area contributed by atoms with Gasteiger partial charge in [0.05, 0.1) is 39.6 Å². The summed E-state index contributed by atoms with van der Waals surface area (Å²) in [4.78, 5) is 57.5. The number of unbranched alkanes of at least 4 members (excludes halogenated alkanes) is 14. The second kappa shape index (κ2) is 30.7. The van der Waals surface area contributed by atoms with Crippen molar-refractivity contribution in [3.05, 3.63) is 65.2 Å². The summed E-state index contributed by atoms with van der Waals surface area (Å²) in [5.41, 5.74) is 1.02. The first-order valence-corrected chi connectivity index (χ1v) is 28.5. The number of ether oxygens (including phenoxy) is 8. The quantitative estimate of drug-likeness (QED) is 0.0282. The van der Waals surface area contributed by atoms with Crippen LogP contribution in [0.15, 0.2) is 54.1 Å². The van der Waals surface area contributed by atoms with E-state index in [0.717, 1.165) is 74.9 Å². The van der Waals surface area contributed by atoms with Crippen LogP contribution < -0.4 is 9.47 Å². The first kappa shape index (κ1) is 64.2. The van der Waals surface area contributed by atoms with Gasteiger partial charge in [-0.2, -0.15) is 4.89 Å². The van der Waals surface area contributed by atoms with E-state index >= 15 is 0 Å². The summed E-state index contributed by atoms with van der Waals surface area (Å²) >= 11 is 0. The van der Waals surface area contributed by atoms with Gasteiger partial charge in [0.1, 0.15) is 17.3 Å². The third-order valence-electron chi connectivity index (χ3n) is 14.7. The molecule has 428 valence electrons. The van der Waals surface area contributed by atoms with Gasteiger partial charge in [-0.05, 0) is 69.4 Å². The molecule has 0 N–H and O–H groups in total. The van der Waals surface area contributed by atoms with Crippen molar-refractivity contribution in [1.29, 1.82) is 0 Å². The molecule has 2 saturated heterocycles. The zero-order valence-electron chi connectivity index (χ0n) is 48.7. The first-order valence-electron chi connectivity index (χ1n) is 28.5. The predicted molar refractivity (Wildman–Crippen MR) is 294 cm³/mol. The van der Waals surface area contributed by atoms with Crippen LogP contribution in [0.2, 0.25) is 0 Å². The van der Waals surface area contributed by atoms with Crippen LogP contribution in [0.5, 0.6) is 11.5 Å². The van der Waals surface area contributed by atoms with Crippen LogP contribution in [0.1, 0.15) is 210 Å². The maximum absolute atomic E-state index is 11.5. The van der Waals surface area contributed by atoms with Crippen LogP contribution in [0, 0.1) is 21.7 Å². The maximum Gasteiger partial charge on any atom is 0.308 e. The third kappa shape index (κ3) is 18.1. The number of hydrogen-bond donors (Lipinski definition) is 0.